The highest BCUT2D eigenvalue weighted by Crippen LogP contribution is 2.25. The van der Waals surface area contributed by atoms with Crippen LogP contribution in [0.5, 0.6) is 0 Å². The maximum absolute atomic E-state index is 10.1. The highest BCUT2D eigenvalue weighted by atomic mass is 35.5. The monoisotopic (exact) mass is 343 g/mol. The number of hydrogen-bond acceptors (Lipinski definition) is 2. The molecule has 0 saturated heterocycles. The average Bonchev–Trinajstić information content (AvgIpc) is 2.76. The first-order chi connectivity index (χ1) is 11.6. The van der Waals surface area contributed by atoms with Crippen LogP contribution in [0.2, 0.25) is 5.02 Å². The normalized spacial score (nSPS) is 16.7. The number of carboxylic acid groups (broad SMARTS) is 1. The van der Waals surface area contributed by atoms with Gasteiger partial charge in [-0.3, -0.25) is 0 Å². The molecule has 0 amide bonds. The van der Waals surface area contributed by atoms with Crippen molar-refractivity contribution in [1.82, 2.24) is 5.32 Å². The van der Waals surface area contributed by atoms with Crippen LogP contribution in [-0.2, 0) is 11.2 Å². The van der Waals surface area contributed by atoms with Crippen molar-refractivity contribution in [2.75, 3.05) is 13.1 Å². The number of nitrogens with one attached hydrogen (secondary N) is 1. The molecule has 2 aromatic rings. The molecule has 0 saturated carbocycles. The molecular formula is C20H22ClNO2. The van der Waals surface area contributed by atoms with Gasteiger partial charge in [-0.2, -0.15) is 0 Å². The summed E-state index contributed by atoms with van der Waals surface area (Å²) in [6.07, 6.45) is 3.80. The van der Waals surface area contributed by atoms with Gasteiger partial charge >= 0.3 is 5.97 Å². The van der Waals surface area contributed by atoms with Crippen molar-refractivity contribution in [3.05, 3.63) is 76.3 Å². The maximum atomic E-state index is 10.1. The van der Waals surface area contributed by atoms with Gasteiger partial charge in [0, 0.05) is 17.6 Å². The molecule has 3 rings (SSSR count). The molecule has 0 aliphatic carbocycles. The quantitative estimate of drug-likeness (QED) is 0.796. The fourth-order valence-corrected chi connectivity index (χ4v) is 2.82. The van der Waals surface area contributed by atoms with Gasteiger partial charge in [-0.15, -0.1) is 0 Å². The van der Waals surface area contributed by atoms with Crippen LogP contribution in [0, 0.1) is 0 Å². The smallest absolute Gasteiger partial charge is 0.328 e. The van der Waals surface area contributed by atoms with Crippen LogP contribution in [-0.4, -0.2) is 24.2 Å². The number of aliphatic carboxylic acids is 1. The predicted octanol–water partition coefficient (Wildman–Crippen LogP) is 4.37. The van der Waals surface area contributed by atoms with Crippen molar-refractivity contribution in [3.63, 3.8) is 0 Å². The Morgan fingerprint density at radius 3 is 2.71 bits per heavy atom. The van der Waals surface area contributed by atoms with Gasteiger partial charge in [-0.25, -0.2) is 4.79 Å². The van der Waals surface area contributed by atoms with E-state index in [2.05, 4.69) is 24.4 Å². The molecule has 126 valence electrons. The minimum absolute atomic E-state index is 0.580. The molecule has 1 atom stereocenters. The summed E-state index contributed by atoms with van der Waals surface area (Å²) < 4.78 is 0. The molecule has 0 bridgehead atoms. The van der Waals surface area contributed by atoms with Crippen molar-refractivity contribution in [3.8, 4) is 0 Å². The summed E-state index contributed by atoms with van der Waals surface area (Å²) in [5.74, 6) is -0.343. The Hall–Kier alpha value is -2.10. The number of fused-ring (bicyclic) bond motifs is 1. The van der Waals surface area contributed by atoms with E-state index < -0.39 is 5.97 Å². The van der Waals surface area contributed by atoms with E-state index in [0.717, 1.165) is 36.2 Å². The third-order valence-electron chi connectivity index (χ3n) is 3.88. The van der Waals surface area contributed by atoms with Crippen LogP contribution in [0.1, 0.15) is 29.5 Å². The fraction of sp³-hybridized carbons (Fsp3) is 0.250. The van der Waals surface area contributed by atoms with Gasteiger partial charge in [0.25, 0.3) is 0 Å². The third-order valence-corrected chi connectivity index (χ3v) is 4.11. The van der Waals surface area contributed by atoms with E-state index in [1.165, 1.54) is 11.1 Å². The molecule has 0 fully saturated rings. The Kier molecular flexibility index (Phi) is 7.04. The summed E-state index contributed by atoms with van der Waals surface area (Å²) in [6.45, 7) is 4.39. The van der Waals surface area contributed by atoms with Gasteiger partial charge in [0.15, 0.2) is 0 Å². The Balaban J connectivity index is 0.000000177. The van der Waals surface area contributed by atoms with E-state index in [1.54, 1.807) is 6.08 Å². The van der Waals surface area contributed by atoms with Gasteiger partial charge < -0.3 is 10.4 Å². The van der Waals surface area contributed by atoms with Crippen molar-refractivity contribution in [1.29, 1.82) is 0 Å². The number of benzene rings is 2. The van der Waals surface area contributed by atoms with Crippen LogP contribution < -0.4 is 5.32 Å². The van der Waals surface area contributed by atoms with Gasteiger partial charge in [0.1, 0.15) is 0 Å². The maximum Gasteiger partial charge on any atom is 0.328 e. The predicted molar refractivity (Wildman–Crippen MR) is 99.6 cm³/mol. The second-order valence-electron chi connectivity index (χ2n) is 5.78. The van der Waals surface area contributed by atoms with Gasteiger partial charge in [0.05, 0.1) is 0 Å². The van der Waals surface area contributed by atoms with Crippen LogP contribution in [0.3, 0.4) is 0 Å². The number of hydrogen-bond donors (Lipinski definition) is 2. The summed E-state index contributed by atoms with van der Waals surface area (Å²) in [7, 11) is 0. The number of carboxylic acids is 1. The van der Waals surface area contributed by atoms with Crippen LogP contribution in [0.15, 0.2) is 54.6 Å². The summed E-state index contributed by atoms with van der Waals surface area (Å²) in [5, 5.41) is 12.6. The first kappa shape index (κ1) is 18.2. The van der Waals surface area contributed by atoms with E-state index >= 15 is 0 Å². The lowest BCUT2D eigenvalue weighted by Gasteiger charge is -2.11. The average molecular weight is 344 g/mol. The number of carbonyl (C=O) groups is 1. The molecule has 0 unspecified atom stereocenters. The van der Waals surface area contributed by atoms with Crippen LogP contribution >= 0.6 is 11.6 Å². The zero-order valence-electron chi connectivity index (χ0n) is 13.7. The zero-order valence-corrected chi connectivity index (χ0v) is 14.5. The zero-order chi connectivity index (χ0) is 17.4. The van der Waals surface area contributed by atoms with Crippen LogP contribution in [0.25, 0.3) is 6.08 Å². The topological polar surface area (TPSA) is 49.3 Å². The lowest BCUT2D eigenvalue weighted by atomic mass is 9.96. The van der Waals surface area contributed by atoms with E-state index in [4.69, 9.17) is 16.7 Å². The summed E-state index contributed by atoms with van der Waals surface area (Å²) in [4.78, 5) is 10.1. The lowest BCUT2D eigenvalue weighted by molar-refractivity contribution is -0.131. The summed E-state index contributed by atoms with van der Waals surface area (Å²) in [5.41, 5.74) is 3.76. The molecule has 0 aromatic heterocycles. The lowest BCUT2D eigenvalue weighted by Crippen LogP contribution is -2.18. The van der Waals surface area contributed by atoms with E-state index in [9.17, 15) is 4.79 Å². The minimum Gasteiger partial charge on any atom is -0.478 e. The Morgan fingerprint density at radius 1 is 1.25 bits per heavy atom. The second kappa shape index (κ2) is 9.26. The summed E-state index contributed by atoms with van der Waals surface area (Å²) >= 11 is 5.97. The molecule has 0 radical (unpaired) electrons. The fourth-order valence-electron chi connectivity index (χ4n) is 2.64. The minimum atomic E-state index is -0.922. The van der Waals surface area contributed by atoms with E-state index in [1.807, 2.05) is 36.4 Å². The van der Waals surface area contributed by atoms with Crippen molar-refractivity contribution >= 4 is 23.6 Å². The molecule has 3 nitrogen and oxygen atoms in total. The number of rotatable bonds is 2. The standard InChI is InChI=1S/C11H14ClN.C9H8O2/c1-8-7-13-5-4-9-2-3-10(12)6-11(8)9;10-9(11)7-6-8-4-2-1-3-5-8/h2-3,6,8,13H,4-5,7H2,1H3;1-7H,(H,10,11)/b;7-6+/t8-;/m0./s1. The molecule has 24 heavy (non-hydrogen) atoms. The second-order valence-corrected chi connectivity index (χ2v) is 6.22. The van der Waals surface area contributed by atoms with Gasteiger partial charge in [-0.1, -0.05) is 54.9 Å². The first-order valence-corrected chi connectivity index (χ1v) is 8.39. The molecule has 1 heterocycles. The number of halogens is 1. The highest BCUT2D eigenvalue weighted by molar-refractivity contribution is 6.30. The highest BCUT2D eigenvalue weighted by Gasteiger charge is 2.13. The van der Waals surface area contributed by atoms with Gasteiger partial charge in [-0.05, 0) is 53.8 Å². The van der Waals surface area contributed by atoms with Crippen LogP contribution in [0.4, 0.5) is 0 Å². The van der Waals surface area contributed by atoms with Gasteiger partial charge in [0.2, 0.25) is 0 Å². The largest absolute Gasteiger partial charge is 0.478 e. The molecule has 2 aromatic carbocycles. The Labute approximate surface area is 148 Å². The summed E-state index contributed by atoms with van der Waals surface area (Å²) in [6, 6.07) is 15.5. The Bertz CT molecular complexity index is 698. The molecule has 1 aliphatic rings. The van der Waals surface area contributed by atoms with Crippen molar-refractivity contribution < 1.29 is 9.90 Å². The van der Waals surface area contributed by atoms with Crippen molar-refractivity contribution in [2.45, 2.75) is 19.3 Å². The van der Waals surface area contributed by atoms with Crippen molar-refractivity contribution in [2.24, 2.45) is 0 Å². The first-order valence-electron chi connectivity index (χ1n) is 8.01. The van der Waals surface area contributed by atoms with E-state index in [-0.39, 0.29) is 0 Å². The molecular weight excluding hydrogens is 322 g/mol. The van der Waals surface area contributed by atoms with E-state index in [0.29, 0.717) is 5.92 Å². The molecule has 4 heteroatoms. The SMILES string of the molecule is C[C@H]1CNCCc2ccc(Cl)cc21.O=C(O)/C=C/c1ccccc1. The third kappa shape index (κ3) is 5.84. The molecule has 1 aliphatic heterocycles. The Morgan fingerprint density at radius 2 is 2.00 bits per heavy atom. The molecule has 0 spiro atoms. The molecule has 2 N–H and O–H groups in total.